The molecule has 2 aliphatic carbocycles. The smallest absolute Gasteiger partial charge is 0.313 e. The van der Waals surface area contributed by atoms with Gasteiger partial charge in [-0.3, -0.25) is 4.79 Å². The first kappa shape index (κ1) is 15.9. The van der Waals surface area contributed by atoms with Gasteiger partial charge in [-0.05, 0) is 55.8 Å². The summed E-state index contributed by atoms with van der Waals surface area (Å²) in [6, 6.07) is 0. The van der Waals surface area contributed by atoms with Crippen molar-refractivity contribution < 1.29 is 9.53 Å². The predicted octanol–water partition coefficient (Wildman–Crippen LogP) is 5.10. The second-order valence-electron chi connectivity index (χ2n) is 9.01. The van der Waals surface area contributed by atoms with E-state index in [9.17, 15) is 4.79 Å². The van der Waals surface area contributed by atoms with Crippen LogP contribution >= 0.6 is 0 Å². The van der Waals surface area contributed by atoms with Crippen molar-refractivity contribution in [3.8, 4) is 0 Å². The molecule has 2 fully saturated rings. The number of carbonyl (C=O) groups is 1. The maximum atomic E-state index is 12.9. The lowest BCUT2D eigenvalue weighted by Crippen LogP contribution is -2.37. The van der Waals surface area contributed by atoms with E-state index in [4.69, 9.17) is 4.74 Å². The zero-order chi connectivity index (χ0) is 15.2. The van der Waals surface area contributed by atoms with Crippen molar-refractivity contribution >= 4 is 5.97 Å². The first-order valence-corrected chi connectivity index (χ1v) is 8.29. The molecular formula is C18H32O2. The summed E-state index contributed by atoms with van der Waals surface area (Å²) in [6.45, 7) is 13.3. The molecular weight excluding hydrogens is 248 g/mol. The Hall–Kier alpha value is -0.530. The SMILES string of the molecule is CCC1(OC(=O)C2(CC(C)(C)C)CC2(C)C)CCCC1. The second kappa shape index (κ2) is 4.74. The van der Waals surface area contributed by atoms with E-state index < -0.39 is 0 Å². The van der Waals surface area contributed by atoms with E-state index >= 15 is 0 Å². The third kappa shape index (κ3) is 2.76. The molecule has 116 valence electrons. The molecule has 0 aromatic heterocycles. The number of carbonyl (C=O) groups excluding carboxylic acids is 1. The van der Waals surface area contributed by atoms with E-state index in [0.717, 1.165) is 32.1 Å². The summed E-state index contributed by atoms with van der Waals surface area (Å²) in [4.78, 5) is 12.9. The third-order valence-electron chi connectivity index (χ3n) is 5.61. The summed E-state index contributed by atoms with van der Waals surface area (Å²) in [7, 11) is 0. The highest BCUT2D eigenvalue weighted by Crippen LogP contribution is 2.68. The van der Waals surface area contributed by atoms with E-state index in [1.54, 1.807) is 0 Å². The maximum Gasteiger partial charge on any atom is 0.313 e. The maximum absolute atomic E-state index is 12.9. The summed E-state index contributed by atoms with van der Waals surface area (Å²) >= 11 is 0. The molecule has 0 amide bonds. The fourth-order valence-corrected chi connectivity index (χ4v) is 4.18. The van der Waals surface area contributed by atoms with Crippen LogP contribution in [-0.4, -0.2) is 11.6 Å². The minimum absolute atomic E-state index is 0.0844. The molecule has 0 N–H and O–H groups in total. The molecule has 0 saturated heterocycles. The molecule has 2 aliphatic rings. The molecule has 0 aromatic rings. The van der Waals surface area contributed by atoms with E-state index in [0.29, 0.717) is 0 Å². The normalized spacial score (nSPS) is 31.1. The minimum Gasteiger partial charge on any atom is -0.459 e. The molecule has 0 aromatic carbocycles. The fraction of sp³-hybridized carbons (Fsp3) is 0.944. The predicted molar refractivity (Wildman–Crippen MR) is 82.5 cm³/mol. The molecule has 20 heavy (non-hydrogen) atoms. The lowest BCUT2D eigenvalue weighted by atomic mass is 9.78. The van der Waals surface area contributed by atoms with Crippen molar-refractivity contribution in [2.75, 3.05) is 0 Å². The van der Waals surface area contributed by atoms with Gasteiger partial charge in [0.05, 0.1) is 5.41 Å². The van der Waals surface area contributed by atoms with Crippen LogP contribution in [0.4, 0.5) is 0 Å². The topological polar surface area (TPSA) is 26.3 Å². The Balaban J connectivity index is 2.13. The van der Waals surface area contributed by atoms with Gasteiger partial charge < -0.3 is 4.74 Å². The highest BCUT2D eigenvalue weighted by atomic mass is 16.6. The van der Waals surface area contributed by atoms with Crippen LogP contribution in [0.3, 0.4) is 0 Å². The van der Waals surface area contributed by atoms with Crippen LogP contribution in [-0.2, 0) is 9.53 Å². The average Bonchev–Trinajstić information content (AvgIpc) is 2.70. The highest BCUT2D eigenvalue weighted by Gasteiger charge is 2.68. The van der Waals surface area contributed by atoms with Gasteiger partial charge in [0.1, 0.15) is 5.60 Å². The molecule has 0 bridgehead atoms. The van der Waals surface area contributed by atoms with Gasteiger partial charge >= 0.3 is 5.97 Å². The van der Waals surface area contributed by atoms with Gasteiger partial charge in [-0.2, -0.15) is 0 Å². The Morgan fingerprint density at radius 1 is 1.15 bits per heavy atom. The van der Waals surface area contributed by atoms with Gasteiger partial charge in [0, 0.05) is 0 Å². The Morgan fingerprint density at radius 3 is 2.00 bits per heavy atom. The quantitative estimate of drug-likeness (QED) is 0.669. The molecule has 0 heterocycles. The van der Waals surface area contributed by atoms with Crippen LogP contribution in [0.2, 0.25) is 0 Å². The van der Waals surface area contributed by atoms with E-state index in [1.165, 1.54) is 12.8 Å². The van der Waals surface area contributed by atoms with E-state index in [1.807, 2.05) is 0 Å². The van der Waals surface area contributed by atoms with Gasteiger partial charge in [-0.15, -0.1) is 0 Å². The zero-order valence-corrected chi connectivity index (χ0v) is 14.3. The van der Waals surface area contributed by atoms with Crippen molar-refractivity contribution in [2.45, 2.75) is 92.1 Å². The molecule has 2 heteroatoms. The van der Waals surface area contributed by atoms with Gasteiger partial charge in [-0.1, -0.05) is 41.5 Å². The summed E-state index contributed by atoms with van der Waals surface area (Å²) in [6.07, 6.45) is 7.41. The van der Waals surface area contributed by atoms with Gasteiger partial charge in [0.2, 0.25) is 0 Å². The molecule has 2 saturated carbocycles. The summed E-state index contributed by atoms with van der Waals surface area (Å²) in [5.41, 5.74) is -0.122. The molecule has 0 radical (unpaired) electrons. The van der Waals surface area contributed by atoms with Crippen molar-refractivity contribution in [1.82, 2.24) is 0 Å². The number of hydrogen-bond donors (Lipinski definition) is 0. The van der Waals surface area contributed by atoms with Crippen LogP contribution in [0.1, 0.15) is 86.5 Å². The lowest BCUT2D eigenvalue weighted by molar-refractivity contribution is -0.169. The van der Waals surface area contributed by atoms with Gasteiger partial charge in [0.15, 0.2) is 0 Å². The minimum atomic E-state index is -0.240. The van der Waals surface area contributed by atoms with Crippen LogP contribution in [0.15, 0.2) is 0 Å². The molecule has 1 unspecified atom stereocenters. The van der Waals surface area contributed by atoms with Crippen molar-refractivity contribution in [3.05, 3.63) is 0 Å². The standard InChI is InChI=1S/C18H32O2/c1-7-17(10-8-9-11-17)20-14(19)18(12-15(2,3)4)13-16(18,5)6/h7-13H2,1-6H3. The number of ether oxygens (including phenoxy) is 1. The first-order chi connectivity index (χ1) is 9.06. The first-order valence-electron chi connectivity index (χ1n) is 8.29. The number of hydrogen-bond acceptors (Lipinski definition) is 2. The monoisotopic (exact) mass is 280 g/mol. The highest BCUT2D eigenvalue weighted by molar-refractivity contribution is 5.82. The van der Waals surface area contributed by atoms with E-state index in [-0.39, 0.29) is 27.8 Å². The van der Waals surface area contributed by atoms with Gasteiger partial charge in [0.25, 0.3) is 0 Å². The zero-order valence-electron chi connectivity index (χ0n) is 14.3. The Kier molecular flexibility index (Phi) is 3.76. The fourth-order valence-electron chi connectivity index (χ4n) is 4.18. The Morgan fingerprint density at radius 2 is 1.65 bits per heavy atom. The van der Waals surface area contributed by atoms with Crippen molar-refractivity contribution in [3.63, 3.8) is 0 Å². The molecule has 2 nitrogen and oxygen atoms in total. The lowest BCUT2D eigenvalue weighted by Gasteiger charge is -2.33. The van der Waals surface area contributed by atoms with Crippen LogP contribution < -0.4 is 0 Å². The van der Waals surface area contributed by atoms with Crippen molar-refractivity contribution in [1.29, 1.82) is 0 Å². The van der Waals surface area contributed by atoms with Crippen molar-refractivity contribution in [2.24, 2.45) is 16.2 Å². The Bertz CT molecular complexity index is 383. The third-order valence-corrected chi connectivity index (χ3v) is 5.61. The second-order valence-corrected chi connectivity index (χ2v) is 9.01. The van der Waals surface area contributed by atoms with E-state index in [2.05, 4.69) is 41.5 Å². The van der Waals surface area contributed by atoms with Gasteiger partial charge in [-0.25, -0.2) is 0 Å². The average molecular weight is 280 g/mol. The van der Waals surface area contributed by atoms with Crippen LogP contribution in [0, 0.1) is 16.2 Å². The van der Waals surface area contributed by atoms with Crippen LogP contribution in [0.25, 0.3) is 0 Å². The molecule has 1 atom stereocenters. The number of rotatable bonds is 4. The molecule has 2 rings (SSSR count). The Labute approximate surface area is 124 Å². The number of esters is 1. The summed E-state index contributed by atoms with van der Waals surface area (Å²) in [5, 5.41) is 0. The molecule has 0 aliphatic heterocycles. The van der Waals surface area contributed by atoms with Crippen LogP contribution in [0.5, 0.6) is 0 Å². The summed E-state index contributed by atoms with van der Waals surface area (Å²) < 4.78 is 6.12. The summed E-state index contributed by atoms with van der Waals surface area (Å²) in [5.74, 6) is 0.0844. The molecule has 0 spiro atoms. The largest absolute Gasteiger partial charge is 0.459 e.